The predicted molar refractivity (Wildman–Crippen MR) is 105 cm³/mol. The topological polar surface area (TPSA) is 57.3 Å². The lowest BCUT2D eigenvalue weighted by Gasteiger charge is -2.14. The number of aryl methyl sites for hydroxylation is 1. The summed E-state index contributed by atoms with van der Waals surface area (Å²) in [5, 5.41) is 7.11. The fraction of sp³-hybridized carbons (Fsp3) is 0.158. The van der Waals surface area contributed by atoms with Crippen molar-refractivity contribution in [1.82, 2.24) is 4.98 Å². The van der Waals surface area contributed by atoms with Gasteiger partial charge in [0.1, 0.15) is 0 Å². The van der Waals surface area contributed by atoms with Gasteiger partial charge in [0.2, 0.25) is 0 Å². The molecule has 25 heavy (non-hydrogen) atoms. The molecular formula is C19H19ClN4O. The third-order valence-corrected chi connectivity index (χ3v) is 4.02. The summed E-state index contributed by atoms with van der Waals surface area (Å²) in [5.41, 5.74) is 4.07. The number of nitrogens with one attached hydrogen (secondary N) is 2. The van der Waals surface area contributed by atoms with Crippen LogP contribution in [0.5, 0.6) is 0 Å². The highest BCUT2D eigenvalue weighted by atomic mass is 35.5. The molecule has 0 aliphatic heterocycles. The summed E-state index contributed by atoms with van der Waals surface area (Å²) in [4.78, 5) is 18.8. The van der Waals surface area contributed by atoms with E-state index in [1.54, 1.807) is 12.1 Å². The van der Waals surface area contributed by atoms with E-state index in [9.17, 15) is 4.79 Å². The van der Waals surface area contributed by atoms with Gasteiger partial charge in [0.15, 0.2) is 0 Å². The zero-order valence-corrected chi connectivity index (χ0v) is 15.1. The molecule has 0 aliphatic rings. The minimum Gasteiger partial charge on any atom is -0.378 e. The number of urea groups is 1. The highest BCUT2D eigenvalue weighted by molar-refractivity contribution is 6.31. The van der Waals surface area contributed by atoms with Crippen LogP contribution in [0.4, 0.5) is 21.9 Å². The Hall–Kier alpha value is -2.79. The van der Waals surface area contributed by atoms with Crippen LogP contribution in [0.15, 0.2) is 48.5 Å². The summed E-state index contributed by atoms with van der Waals surface area (Å²) in [6.45, 7) is 1.89. The van der Waals surface area contributed by atoms with Crippen molar-refractivity contribution in [3.63, 3.8) is 0 Å². The number of hydrogen-bond acceptors (Lipinski definition) is 3. The van der Waals surface area contributed by atoms with Crippen LogP contribution in [0.1, 0.15) is 5.69 Å². The van der Waals surface area contributed by atoms with E-state index in [1.807, 2.05) is 62.3 Å². The Morgan fingerprint density at radius 3 is 2.44 bits per heavy atom. The number of halogens is 1. The Morgan fingerprint density at radius 2 is 1.76 bits per heavy atom. The van der Waals surface area contributed by atoms with E-state index >= 15 is 0 Å². The molecule has 0 unspecified atom stereocenters. The maximum Gasteiger partial charge on any atom is 0.323 e. The van der Waals surface area contributed by atoms with Gasteiger partial charge in [-0.3, -0.25) is 4.98 Å². The molecule has 0 atom stereocenters. The Labute approximate surface area is 151 Å². The van der Waals surface area contributed by atoms with Crippen molar-refractivity contribution in [3.8, 4) is 0 Å². The number of carbonyl (C=O) groups is 1. The summed E-state index contributed by atoms with van der Waals surface area (Å²) in [7, 11) is 3.94. The standard InChI is InChI=1S/C19H19ClN4O/c1-12-10-18(16-11-13(20)4-9-17(16)21-12)23-19(25)22-14-5-7-15(8-6-14)24(2)3/h4-11H,1-3H3,(H2,21,22,23,25). The van der Waals surface area contributed by atoms with Gasteiger partial charge in [0.05, 0.1) is 11.2 Å². The molecular weight excluding hydrogens is 336 g/mol. The van der Waals surface area contributed by atoms with Crippen molar-refractivity contribution in [2.24, 2.45) is 0 Å². The van der Waals surface area contributed by atoms with Crippen molar-refractivity contribution in [2.45, 2.75) is 6.92 Å². The number of amides is 2. The Morgan fingerprint density at radius 1 is 1.04 bits per heavy atom. The molecule has 1 aromatic heterocycles. The van der Waals surface area contributed by atoms with Crippen molar-refractivity contribution < 1.29 is 4.79 Å². The van der Waals surface area contributed by atoms with Gasteiger partial charge >= 0.3 is 6.03 Å². The predicted octanol–water partition coefficient (Wildman–Crippen LogP) is 4.91. The number of rotatable bonds is 3. The Balaban J connectivity index is 1.81. The number of carbonyl (C=O) groups excluding carboxylic acids is 1. The van der Waals surface area contributed by atoms with Gasteiger partial charge in [-0.15, -0.1) is 0 Å². The van der Waals surface area contributed by atoms with Gasteiger partial charge in [-0.25, -0.2) is 4.79 Å². The fourth-order valence-corrected chi connectivity index (χ4v) is 2.73. The molecule has 0 bridgehead atoms. The van der Waals surface area contributed by atoms with E-state index in [2.05, 4.69) is 15.6 Å². The smallest absolute Gasteiger partial charge is 0.323 e. The summed E-state index contributed by atoms with van der Waals surface area (Å²) < 4.78 is 0. The lowest BCUT2D eigenvalue weighted by molar-refractivity contribution is 0.262. The molecule has 0 fully saturated rings. The first-order valence-corrected chi connectivity index (χ1v) is 8.22. The molecule has 2 N–H and O–H groups in total. The highest BCUT2D eigenvalue weighted by Gasteiger charge is 2.09. The summed E-state index contributed by atoms with van der Waals surface area (Å²) in [6.07, 6.45) is 0. The molecule has 0 spiro atoms. The maximum absolute atomic E-state index is 12.4. The van der Waals surface area contributed by atoms with Gasteiger partial charge in [-0.2, -0.15) is 0 Å². The minimum absolute atomic E-state index is 0.315. The lowest BCUT2D eigenvalue weighted by Crippen LogP contribution is -2.20. The molecule has 0 saturated heterocycles. The number of fused-ring (bicyclic) bond motifs is 1. The van der Waals surface area contributed by atoms with Crippen LogP contribution in [0.25, 0.3) is 10.9 Å². The lowest BCUT2D eigenvalue weighted by atomic mass is 10.1. The summed E-state index contributed by atoms with van der Waals surface area (Å²) in [6, 6.07) is 14.6. The van der Waals surface area contributed by atoms with Gasteiger partial charge in [-0.1, -0.05) is 11.6 Å². The Bertz CT molecular complexity index is 923. The van der Waals surface area contributed by atoms with E-state index in [4.69, 9.17) is 11.6 Å². The molecule has 3 aromatic rings. The van der Waals surface area contributed by atoms with Crippen molar-refractivity contribution in [1.29, 1.82) is 0 Å². The number of hydrogen-bond donors (Lipinski definition) is 2. The minimum atomic E-state index is -0.315. The normalized spacial score (nSPS) is 10.6. The van der Waals surface area contributed by atoms with Crippen molar-refractivity contribution in [2.75, 3.05) is 29.6 Å². The molecule has 128 valence electrons. The van der Waals surface area contributed by atoms with Crippen LogP contribution in [0, 0.1) is 6.92 Å². The third kappa shape index (κ3) is 4.00. The zero-order valence-electron chi connectivity index (χ0n) is 14.3. The quantitative estimate of drug-likeness (QED) is 0.702. The van der Waals surface area contributed by atoms with Crippen LogP contribution in [-0.2, 0) is 0 Å². The fourth-order valence-electron chi connectivity index (χ4n) is 2.56. The van der Waals surface area contributed by atoms with E-state index in [-0.39, 0.29) is 6.03 Å². The summed E-state index contributed by atoms with van der Waals surface area (Å²) in [5.74, 6) is 0. The number of anilines is 3. The van der Waals surface area contributed by atoms with E-state index in [0.717, 1.165) is 28.0 Å². The van der Waals surface area contributed by atoms with Crippen LogP contribution in [-0.4, -0.2) is 25.1 Å². The van der Waals surface area contributed by atoms with E-state index in [1.165, 1.54) is 0 Å². The average molecular weight is 355 g/mol. The van der Waals surface area contributed by atoms with E-state index in [0.29, 0.717) is 10.7 Å². The molecule has 0 aliphatic carbocycles. The van der Waals surface area contributed by atoms with Gasteiger partial charge in [-0.05, 0) is 55.5 Å². The molecule has 2 aromatic carbocycles. The van der Waals surface area contributed by atoms with Crippen molar-refractivity contribution in [3.05, 3.63) is 59.2 Å². The zero-order chi connectivity index (χ0) is 18.0. The van der Waals surface area contributed by atoms with E-state index < -0.39 is 0 Å². The number of benzene rings is 2. The first-order chi connectivity index (χ1) is 11.9. The summed E-state index contributed by atoms with van der Waals surface area (Å²) >= 11 is 6.08. The molecule has 5 nitrogen and oxygen atoms in total. The molecule has 3 rings (SSSR count). The maximum atomic E-state index is 12.4. The number of aromatic nitrogens is 1. The van der Waals surface area contributed by atoms with Crippen LogP contribution in [0.2, 0.25) is 5.02 Å². The second-order valence-corrected chi connectivity index (χ2v) is 6.43. The largest absolute Gasteiger partial charge is 0.378 e. The Kier molecular flexibility index (Phi) is 4.76. The van der Waals surface area contributed by atoms with Gasteiger partial charge < -0.3 is 15.5 Å². The number of pyridine rings is 1. The monoisotopic (exact) mass is 354 g/mol. The van der Waals surface area contributed by atoms with Crippen LogP contribution >= 0.6 is 11.6 Å². The van der Waals surface area contributed by atoms with Gasteiger partial charge in [0.25, 0.3) is 0 Å². The molecule has 1 heterocycles. The molecule has 0 saturated carbocycles. The molecule has 2 amide bonds. The van der Waals surface area contributed by atoms with Gasteiger partial charge in [0, 0.05) is 41.6 Å². The first-order valence-electron chi connectivity index (χ1n) is 7.85. The highest BCUT2D eigenvalue weighted by Crippen LogP contribution is 2.26. The average Bonchev–Trinajstić information content (AvgIpc) is 2.56. The number of nitrogens with zero attached hydrogens (tertiary/aromatic N) is 2. The van der Waals surface area contributed by atoms with Crippen molar-refractivity contribution >= 4 is 45.6 Å². The first kappa shape index (κ1) is 17.0. The second-order valence-electron chi connectivity index (χ2n) is 5.99. The SMILES string of the molecule is Cc1cc(NC(=O)Nc2ccc(N(C)C)cc2)c2cc(Cl)ccc2n1. The third-order valence-electron chi connectivity index (χ3n) is 3.79. The molecule has 0 radical (unpaired) electrons. The second kappa shape index (κ2) is 6.99. The van der Waals surface area contributed by atoms with Crippen LogP contribution in [0.3, 0.4) is 0 Å². The molecule has 6 heteroatoms. The van der Waals surface area contributed by atoms with Crippen LogP contribution < -0.4 is 15.5 Å².